The quantitative estimate of drug-likeness (QED) is 0.809. The molecule has 1 aromatic heterocycles. The third kappa shape index (κ3) is 1.92. The maximum atomic E-state index is 13.1. The van der Waals surface area contributed by atoms with Gasteiger partial charge < -0.3 is 14.6 Å². The van der Waals surface area contributed by atoms with Crippen molar-refractivity contribution in [2.75, 3.05) is 19.7 Å². The van der Waals surface area contributed by atoms with E-state index in [1.807, 2.05) is 0 Å². The number of aromatic nitrogens is 1. The van der Waals surface area contributed by atoms with Crippen molar-refractivity contribution in [1.29, 1.82) is 0 Å². The van der Waals surface area contributed by atoms with Crippen molar-refractivity contribution < 1.29 is 17.9 Å². The Kier molecular flexibility index (Phi) is 2.73. The summed E-state index contributed by atoms with van der Waals surface area (Å²) in [5.74, 6) is 0.368. The van der Waals surface area contributed by atoms with Gasteiger partial charge in [-0.15, -0.1) is 0 Å². The average Bonchev–Trinajstić information content (AvgIpc) is 2.63. The number of nitrogens with one attached hydrogen (secondary N) is 1. The lowest BCUT2D eigenvalue weighted by Crippen LogP contribution is -2.20. The highest BCUT2D eigenvalue weighted by Gasteiger charge is 2.34. The maximum Gasteiger partial charge on any atom is 0.416 e. The Labute approximate surface area is 119 Å². The molecule has 0 aliphatic carbocycles. The van der Waals surface area contributed by atoms with Crippen LogP contribution < -0.4 is 10.1 Å². The van der Waals surface area contributed by atoms with Crippen molar-refractivity contribution in [2.24, 2.45) is 0 Å². The Morgan fingerprint density at radius 2 is 1.95 bits per heavy atom. The molecule has 0 spiro atoms. The molecular formula is C15H15F3N2O. The minimum absolute atomic E-state index is 0.368. The number of fused-ring (bicyclic) bond motifs is 3. The van der Waals surface area contributed by atoms with Crippen LogP contribution in [0.15, 0.2) is 12.1 Å². The maximum absolute atomic E-state index is 13.1. The first-order chi connectivity index (χ1) is 10.1. The molecular weight excluding hydrogens is 281 g/mol. The zero-order chi connectivity index (χ0) is 14.6. The molecule has 0 radical (unpaired) electrons. The van der Waals surface area contributed by atoms with Crippen LogP contribution in [0.5, 0.6) is 5.75 Å². The first-order valence-electron chi connectivity index (χ1n) is 7.14. The highest BCUT2D eigenvalue weighted by atomic mass is 19.4. The van der Waals surface area contributed by atoms with Gasteiger partial charge in [-0.1, -0.05) is 0 Å². The van der Waals surface area contributed by atoms with Crippen LogP contribution in [-0.2, 0) is 25.6 Å². The van der Waals surface area contributed by atoms with Crippen molar-refractivity contribution in [3.8, 4) is 5.75 Å². The summed E-state index contributed by atoms with van der Waals surface area (Å²) >= 11 is 0. The predicted molar refractivity (Wildman–Crippen MR) is 72.7 cm³/mol. The third-order valence-electron chi connectivity index (χ3n) is 4.33. The first kappa shape index (κ1) is 13.0. The number of nitrogens with zero attached hydrogens (tertiary/aromatic N) is 1. The lowest BCUT2D eigenvalue weighted by atomic mass is 10.0. The standard InChI is InChI=1S/C15H15F3N2O/c16-15(17,18)9-7-11-10-1-3-19-4-2-12(10)20-5-6-21-13(8-9)14(11)20/h7-8,19H,1-6H2. The number of hydrogen-bond donors (Lipinski definition) is 1. The fourth-order valence-electron chi connectivity index (χ4n) is 3.45. The van der Waals surface area contributed by atoms with Gasteiger partial charge >= 0.3 is 6.18 Å². The normalized spacial score (nSPS) is 18.2. The van der Waals surface area contributed by atoms with Crippen LogP contribution in [0.1, 0.15) is 16.8 Å². The highest BCUT2D eigenvalue weighted by molar-refractivity contribution is 5.92. The van der Waals surface area contributed by atoms with Crippen molar-refractivity contribution >= 4 is 10.9 Å². The van der Waals surface area contributed by atoms with Crippen molar-refractivity contribution in [1.82, 2.24) is 9.88 Å². The summed E-state index contributed by atoms with van der Waals surface area (Å²) in [5, 5.41) is 4.01. The van der Waals surface area contributed by atoms with Crippen LogP contribution in [0.3, 0.4) is 0 Å². The minimum atomic E-state index is -4.34. The molecule has 2 aliphatic rings. The second kappa shape index (κ2) is 4.40. The van der Waals surface area contributed by atoms with Crippen LogP contribution in [0, 0.1) is 0 Å². The monoisotopic (exact) mass is 296 g/mol. The molecule has 0 unspecified atom stereocenters. The van der Waals surface area contributed by atoms with Crippen LogP contribution in [-0.4, -0.2) is 24.3 Å². The second-order valence-electron chi connectivity index (χ2n) is 5.54. The van der Waals surface area contributed by atoms with Crippen molar-refractivity contribution in [2.45, 2.75) is 25.6 Å². The fraction of sp³-hybridized carbons (Fsp3) is 0.467. The molecule has 4 rings (SSSR count). The molecule has 3 heterocycles. The molecule has 0 fully saturated rings. The Balaban J connectivity index is 2.05. The molecule has 0 atom stereocenters. The van der Waals surface area contributed by atoms with E-state index < -0.39 is 11.7 Å². The molecule has 1 N–H and O–H groups in total. The van der Waals surface area contributed by atoms with E-state index >= 15 is 0 Å². The van der Waals surface area contributed by atoms with Crippen LogP contribution in [0.2, 0.25) is 0 Å². The van der Waals surface area contributed by atoms with Crippen LogP contribution in [0.25, 0.3) is 10.9 Å². The van der Waals surface area contributed by atoms with Gasteiger partial charge in [0.2, 0.25) is 0 Å². The Morgan fingerprint density at radius 3 is 2.76 bits per heavy atom. The van der Waals surface area contributed by atoms with Crippen LogP contribution >= 0.6 is 0 Å². The predicted octanol–water partition coefficient (Wildman–Crippen LogP) is 2.74. The summed E-state index contributed by atoms with van der Waals surface area (Å²) < 4.78 is 46.9. The van der Waals surface area contributed by atoms with E-state index in [0.29, 0.717) is 24.3 Å². The van der Waals surface area contributed by atoms with E-state index in [9.17, 15) is 13.2 Å². The Hall–Kier alpha value is -1.69. The molecule has 0 bridgehead atoms. The molecule has 2 aromatic rings. The van der Waals surface area contributed by atoms with Gasteiger partial charge in [0, 0.05) is 24.0 Å². The molecule has 0 amide bonds. The van der Waals surface area contributed by atoms with Gasteiger partial charge in [-0.2, -0.15) is 13.2 Å². The van der Waals surface area contributed by atoms with Gasteiger partial charge in [-0.25, -0.2) is 0 Å². The van der Waals surface area contributed by atoms with Crippen molar-refractivity contribution in [3.05, 3.63) is 29.0 Å². The van der Waals surface area contributed by atoms with Crippen molar-refractivity contribution in [3.63, 3.8) is 0 Å². The van der Waals surface area contributed by atoms with E-state index in [0.717, 1.165) is 43.1 Å². The summed E-state index contributed by atoms with van der Waals surface area (Å²) in [5.41, 5.74) is 2.43. The summed E-state index contributed by atoms with van der Waals surface area (Å²) in [6, 6.07) is 2.42. The Morgan fingerprint density at radius 1 is 1.14 bits per heavy atom. The highest BCUT2D eigenvalue weighted by Crippen LogP contribution is 2.41. The van der Waals surface area contributed by atoms with Gasteiger partial charge in [0.15, 0.2) is 0 Å². The van der Waals surface area contributed by atoms with E-state index in [1.54, 1.807) is 0 Å². The molecule has 2 aliphatic heterocycles. The molecule has 3 nitrogen and oxygen atoms in total. The topological polar surface area (TPSA) is 26.2 Å². The number of rotatable bonds is 0. The van der Waals surface area contributed by atoms with E-state index in [4.69, 9.17) is 4.74 Å². The lowest BCUT2D eigenvalue weighted by molar-refractivity contribution is -0.137. The first-order valence-corrected chi connectivity index (χ1v) is 7.14. The van der Waals surface area contributed by atoms with E-state index in [2.05, 4.69) is 9.88 Å². The molecule has 0 saturated heterocycles. The van der Waals surface area contributed by atoms with E-state index in [-0.39, 0.29) is 0 Å². The van der Waals surface area contributed by atoms with E-state index in [1.165, 1.54) is 11.8 Å². The molecule has 0 saturated carbocycles. The van der Waals surface area contributed by atoms with Gasteiger partial charge in [0.05, 0.1) is 17.6 Å². The molecule has 21 heavy (non-hydrogen) atoms. The number of hydrogen-bond acceptors (Lipinski definition) is 2. The smallest absolute Gasteiger partial charge is 0.416 e. The van der Waals surface area contributed by atoms with Gasteiger partial charge in [-0.3, -0.25) is 0 Å². The number of alkyl halides is 3. The average molecular weight is 296 g/mol. The van der Waals surface area contributed by atoms with Gasteiger partial charge in [0.1, 0.15) is 12.4 Å². The third-order valence-corrected chi connectivity index (χ3v) is 4.33. The zero-order valence-corrected chi connectivity index (χ0v) is 11.4. The number of benzene rings is 1. The second-order valence-corrected chi connectivity index (χ2v) is 5.54. The molecule has 112 valence electrons. The fourth-order valence-corrected chi connectivity index (χ4v) is 3.45. The summed E-state index contributed by atoms with van der Waals surface area (Å²) in [4.78, 5) is 0. The SMILES string of the molecule is FC(F)(F)c1cc2c3c(c1)c1c(n3CCO2)CCNCC1. The number of ether oxygens (including phenoxy) is 1. The van der Waals surface area contributed by atoms with Crippen LogP contribution in [0.4, 0.5) is 13.2 Å². The van der Waals surface area contributed by atoms with Gasteiger partial charge in [0.25, 0.3) is 0 Å². The summed E-state index contributed by atoms with van der Waals surface area (Å²) in [6.07, 6.45) is -2.73. The summed E-state index contributed by atoms with van der Waals surface area (Å²) in [7, 11) is 0. The number of halogens is 3. The largest absolute Gasteiger partial charge is 0.490 e. The molecule has 6 heteroatoms. The summed E-state index contributed by atoms with van der Waals surface area (Å²) in [6.45, 7) is 2.81. The lowest BCUT2D eigenvalue weighted by Gasteiger charge is -2.20. The zero-order valence-electron chi connectivity index (χ0n) is 11.4. The minimum Gasteiger partial charge on any atom is -0.490 e. The Bertz CT molecular complexity index is 718. The van der Waals surface area contributed by atoms with Gasteiger partial charge in [-0.05, 0) is 30.7 Å². The molecule has 1 aromatic carbocycles.